The summed E-state index contributed by atoms with van der Waals surface area (Å²) < 4.78 is 0. The zero-order valence-corrected chi connectivity index (χ0v) is 12.1. The number of anilines is 2. The summed E-state index contributed by atoms with van der Waals surface area (Å²) in [5.74, 6) is 0.159. The number of amides is 2. The Bertz CT molecular complexity index is 824. The van der Waals surface area contributed by atoms with Crippen molar-refractivity contribution in [2.24, 2.45) is 17.8 Å². The number of fused-ring (bicyclic) bond motifs is 2. The first-order valence-corrected chi connectivity index (χ1v) is 7.23. The highest BCUT2D eigenvalue weighted by atomic mass is 35.5. The first kappa shape index (κ1) is 13.3. The van der Waals surface area contributed by atoms with Crippen LogP contribution in [0.25, 0.3) is 10.8 Å². The molecule has 1 aliphatic carbocycles. The number of nitrogens with zero attached hydrogens (tertiary/aromatic N) is 2. The summed E-state index contributed by atoms with van der Waals surface area (Å²) in [5, 5.41) is 7.18. The number of carbonyl (C=O) groups excluding carboxylic acids is 2. The van der Waals surface area contributed by atoms with E-state index in [4.69, 9.17) is 17.3 Å². The van der Waals surface area contributed by atoms with Gasteiger partial charge in [-0.3, -0.25) is 9.59 Å². The summed E-state index contributed by atoms with van der Waals surface area (Å²) in [7, 11) is 0. The summed E-state index contributed by atoms with van der Waals surface area (Å²) >= 11 is 5.88. The van der Waals surface area contributed by atoms with Gasteiger partial charge in [0, 0.05) is 24.0 Å². The summed E-state index contributed by atoms with van der Waals surface area (Å²) in [6.07, 6.45) is 1.55. The van der Waals surface area contributed by atoms with Crippen molar-refractivity contribution in [2.45, 2.75) is 0 Å². The van der Waals surface area contributed by atoms with Crippen LogP contribution < -0.4 is 16.4 Å². The van der Waals surface area contributed by atoms with Crippen molar-refractivity contribution in [3.63, 3.8) is 0 Å². The highest BCUT2D eigenvalue weighted by Gasteiger charge is 2.62. The number of hydrogen-bond acceptors (Lipinski definition) is 5. The van der Waals surface area contributed by atoms with Gasteiger partial charge in [-0.25, -0.2) is 9.97 Å². The molecule has 3 atom stereocenters. The molecule has 1 saturated carbocycles. The molecule has 112 valence electrons. The van der Waals surface area contributed by atoms with Crippen molar-refractivity contribution >= 4 is 45.8 Å². The molecule has 7 nitrogen and oxygen atoms in total. The van der Waals surface area contributed by atoms with Crippen LogP contribution in [0.15, 0.2) is 18.3 Å². The molecule has 8 heteroatoms. The fourth-order valence-electron chi connectivity index (χ4n) is 3.10. The van der Waals surface area contributed by atoms with Gasteiger partial charge in [-0.2, -0.15) is 0 Å². The second-order valence-corrected chi connectivity index (χ2v) is 5.96. The molecule has 3 heterocycles. The predicted octanol–water partition coefficient (Wildman–Crippen LogP) is 0.796. The highest BCUT2D eigenvalue weighted by molar-refractivity contribution is 6.30. The number of nitrogens with one attached hydrogen (secondary N) is 2. The molecular formula is C14H12ClN5O2. The Hall–Kier alpha value is -2.41. The molecule has 2 amide bonds. The molecule has 4 N–H and O–H groups in total. The van der Waals surface area contributed by atoms with Gasteiger partial charge in [0.15, 0.2) is 0 Å². The Morgan fingerprint density at radius 1 is 1.45 bits per heavy atom. The maximum Gasteiger partial charge on any atom is 0.229 e. The summed E-state index contributed by atoms with van der Waals surface area (Å²) in [4.78, 5) is 31.8. The minimum Gasteiger partial charge on any atom is -0.383 e. The highest BCUT2D eigenvalue weighted by Crippen LogP contribution is 2.49. The Morgan fingerprint density at radius 3 is 3.00 bits per heavy atom. The van der Waals surface area contributed by atoms with Gasteiger partial charge >= 0.3 is 0 Å². The van der Waals surface area contributed by atoms with Crippen LogP contribution in [-0.2, 0) is 9.59 Å². The van der Waals surface area contributed by atoms with E-state index in [9.17, 15) is 9.59 Å². The topological polar surface area (TPSA) is 110 Å². The summed E-state index contributed by atoms with van der Waals surface area (Å²) in [6.45, 7) is 0.574. The number of halogens is 1. The standard InChI is InChI=1S/C14H12ClN5O2/c15-8-1-5-2-9(17-3-6(5)12(16)19-8)20-14(22)11-7-4-18-13(21)10(7)11/h1-3,7,10-11H,4H2,(H2,16,19)(H,18,21)(H,17,20,22). The van der Waals surface area contributed by atoms with E-state index >= 15 is 0 Å². The number of aromatic nitrogens is 2. The average molecular weight is 318 g/mol. The van der Waals surface area contributed by atoms with Gasteiger partial charge in [0.1, 0.15) is 16.8 Å². The Kier molecular flexibility index (Phi) is 2.74. The molecule has 2 aromatic heterocycles. The van der Waals surface area contributed by atoms with Gasteiger partial charge in [-0.15, -0.1) is 0 Å². The lowest BCUT2D eigenvalue weighted by Crippen LogP contribution is -2.27. The lowest BCUT2D eigenvalue weighted by atomic mass is 10.2. The van der Waals surface area contributed by atoms with Gasteiger partial charge in [-0.05, 0) is 17.5 Å². The van der Waals surface area contributed by atoms with Crippen LogP contribution in [-0.4, -0.2) is 28.3 Å². The normalized spacial score (nSPS) is 25.7. The fourth-order valence-corrected chi connectivity index (χ4v) is 3.31. The molecule has 0 bridgehead atoms. The molecule has 2 aromatic rings. The van der Waals surface area contributed by atoms with Gasteiger partial charge in [0.05, 0.1) is 11.8 Å². The first-order valence-electron chi connectivity index (χ1n) is 6.85. The Labute approximate surface area is 130 Å². The second kappa shape index (κ2) is 4.54. The van der Waals surface area contributed by atoms with Crippen molar-refractivity contribution in [1.82, 2.24) is 15.3 Å². The molecule has 1 saturated heterocycles. The van der Waals surface area contributed by atoms with E-state index in [2.05, 4.69) is 20.6 Å². The molecule has 2 fully saturated rings. The Morgan fingerprint density at radius 2 is 2.27 bits per heavy atom. The first-order chi connectivity index (χ1) is 10.5. The van der Waals surface area contributed by atoms with Crippen LogP contribution in [0.3, 0.4) is 0 Å². The van der Waals surface area contributed by atoms with Crippen molar-refractivity contribution in [1.29, 1.82) is 0 Å². The van der Waals surface area contributed by atoms with Crippen molar-refractivity contribution in [3.05, 3.63) is 23.5 Å². The van der Waals surface area contributed by atoms with Crippen LogP contribution in [0.1, 0.15) is 0 Å². The SMILES string of the molecule is Nc1nc(Cl)cc2cc(NC(=O)C3C4CNC(=O)C43)ncc12. The summed E-state index contributed by atoms with van der Waals surface area (Å²) in [6, 6.07) is 3.35. The van der Waals surface area contributed by atoms with Gasteiger partial charge in [0.2, 0.25) is 11.8 Å². The van der Waals surface area contributed by atoms with E-state index in [0.29, 0.717) is 23.6 Å². The van der Waals surface area contributed by atoms with Crippen LogP contribution in [0, 0.1) is 17.8 Å². The van der Waals surface area contributed by atoms with Gasteiger partial charge in [-0.1, -0.05) is 11.6 Å². The lowest BCUT2D eigenvalue weighted by Gasteiger charge is -2.08. The van der Waals surface area contributed by atoms with Crippen LogP contribution in [0.4, 0.5) is 11.6 Å². The lowest BCUT2D eigenvalue weighted by molar-refractivity contribution is -0.124. The third-order valence-electron chi connectivity index (χ3n) is 4.25. The third kappa shape index (κ3) is 1.97. The molecule has 22 heavy (non-hydrogen) atoms. The maximum absolute atomic E-state index is 12.2. The molecule has 3 unspecified atom stereocenters. The smallest absolute Gasteiger partial charge is 0.229 e. The van der Waals surface area contributed by atoms with E-state index < -0.39 is 0 Å². The number of nitrogen functional groups attached to an aromatic ring is 1. The summed E-state index contributed by atoms with van der Waals surface area (Å²) in [5.41, 5.74) is 5.78. The van der Waals surface area contributed by atoms with E-state index in [1.165, 1.54) is 0 Å². The number of hydrogen-bond donors (Lipinski definition) is 3. The van der Waals surface area contributed by atoms with E-state index in [-0.39, 0.29) is 34.7 Å². The average Bonchev–Trinajstić information content (AvgIpc) is 3.08. The van der Waals surface area contributed by atoms with Crippen molar-refractivity contribution in [2.75, 3.05) is 17.6 Å². The predicted molar refractivity (Wildman–Crippen MR) is 81.1 cm³/mol. The molecule has 0 radical (unpaired) electrons. The maximum atomic E-state index is 12.2. The van der Waals surface area contributed by atoms with Crippen molar-refractivity contribution < 1.29 is 9.59 Å². The monoisotopic (exact) mass is 317 g/mol. The minimum absolute atomic E-state index is 0.0396. The zero-order valence-electron chi connectivity index (χ0n) is 11.3. The van der Waals surface area contributed by atoms with E-state index in [1.54, 1.807) is 18.3 Å². The second-order valence-electron chi connectivity index (χ2n) is 5.57. The van der Waals surface area contributed by atoms with Crippen LogP contribution in [0.2, 0.25) is 5.15 Å². The minimum atomic E-state index is -0.252. The molecule has 2 aliphatic rings. The number of nitrogens with two attached hydrogens (primary N) is 1. The van der Waals surface area contributed by atoms with E-state index in [1.807, 2.05) is 0 Å². The fraction of sp³-hybridized carbons (Fsp3) is 0.286. The van der Waals surface area contributed by atoms with Crippen LogP contribution >= 0.6 is 11.6 Å². The molecular weight excluding hydrogens is 306 g/mol. The Balaban J connectivity index is 1.57. The van der Waals surface area contributed by atoms with Crippen molar-refractivity contribution in [3.8, 4) is 0 Å². The van der Waals surface area contributed by atoms with Crippen LogP contribution in [0.5, 0.6) is 0 Å². The molecule has 0 aromatic carbocycles. The largest absolute Gasteiger partial charge is 0.383 e. The number of pyridine rings is 2. The van der Waals surface area contributed by atoms with E-state index in [0.717, 1.165) is 5.39 Å². The molecule has 1 aliphatic heterocycles. The number of piperidine rings is 1. The number of rotatable bonds is 2. The quantitative estimate of drug-likeness (QED) is 0.709. The van der Waals surface area contributed by atoms with Gasteiger partial charge in [0.25, 0.3) is 0 Å². The zero-order chi connectivity index (χ0) is 15.4. The van der Waals surface area contributed by atoms with Gasteiger partial charge < -0.3 is 16.4 Å². The number of carbonyl (C=O) groups is 2. The molecule has 0 spiro atoms. The molecule has 4 rings (SSSR count). The third-order valence-corrected chi connectivity index (χ3v) is 4.44.